The second-order valence-electron chi connectivity index (χ2n) is 7.78. The van der Waals surface area contributed by atoms with Crippen LogP contribution in [0.25, 0.3) is 37.2 Å². The highest BCUT2D eigenvalue weighted by atomic mass is 32.1. The summed E-state index contributed by atoms with van der Waals surface area (Å²) in [6.07, 6.45) is 4.81. The summed E-state index contributed by atoms with van der Waals surface area (Å²) in [4.78, 5) is 32.3. The van der Waals surface area contributed by atoms with Gasteiger partial charge in [0.05, 0.1) is 53.2 Å². The lowest BCUT2D eigenvalue weighted by Gasteiger charge is -2.12. The van der Waals surface area contributed by atoms with Gasteiger partial charge >= 0.3 is 5.69 Å². The van der Waals surface area contributed by atoms with Crippen LogP contribution in [0, 0.1) is 29.6 Å². The molecule has 166 valence electrons. The van der Waals surface area contributed by atoms with E-state index in [0.29, 0.717) is 37.2 Å². The summed E-state index contributed by atoms with van der Waals surface area (Å²) in [7, 11) is 1.73. The Labute approximate surface area is 197 Å². The van der Waals surface area contributed by atoms with Crippen LogP contribution in [0.2, 0.25) is 0 Å². The van der Waals surface area contributed by atoms with Gasteiger partial charge in [0.25, 0.3) is 5.56 Å². The molecule has 0 aliphatic carbocycles. The molecule has 5 rings (SSSR count). The van der Waals surface area contributed by atoms with Gasteiger partial charge in [0.15, 0.2) is 0 Å². The van der Waals surface area contributed by atoms with Gasteiger partial charge in [-0.05, 0) is 24.6 Å². The Kier molecular flexibility index (Phi) is 5.08. The minimum Gasteiger partial charge on any atom is -0.291 e. The molecule has 4 aromatic heterocycles. The summed E-state index contributed by atoms with van der Waals surface area (Å²) in [6.45, 7) is 2.02. The topological polar surface area (TPSA) is 122 Å². The molecular weight excluding hydrogens is 450 g/mol. The van der Waals surface area contributed by atoms with E-state index in [1.54, 1.807) is 36.3 Å². The number of pyridine rings is 1. The van der Waals surface area contributed by atoms with Crippen molar-refractivity contribution in [1.29, 1.82) is 10.5 Å². The molecule has 10 heteroatoms. The molecule has 34 heavy (non-hydrogen) atoms. The van der Waals surface area contributed by atoms with Crippen LogP contribution >= 0.6 is 11.3 Å². The van der Waals surface area contributed by atoms with E-state index in [9.17, 15) is 20.1 Å². The van der Waals surface area contributed by atoms with E-state index in [-0.39, 0.29) is 13.0 Å². The highest BCUT2D eigenvalue weighted by Crippen LogP contribution is 2.35. The molecule has 4 heterocycles. The molecule has 0 aliphatic heterocycles. The number of thiophene rings is 1. The first-order valence-electron chi connectivity index (χ1n) is 10.4. The molecule has 0 aliphatic rings. The molecule has 0 bridgehead atoms. The van der Waals surface area contributed by atoms with Gasteiger partial charge in [0.1, 0.15) is 4.70 Å². The van der Waals surface area contributed by atoms with Crippen LogP contribution in [0.4, 0.5) is 0 Å². The van der Waals surface area contributed by atoms with E-state index in [0.717, 1.165) is 15.7 Å². The number of aromatic nitrogens is 5. The molecule has 0 spiro atoms. The average Bonchev–Trinajstić information content (AvgIpc) is 3.43. The van der Waals surface area contributed by atoms with E-state index in [4.69, 9.17) is 0 Å². The van der Waals surface area contributed by atoms with E-state index < -0.39 is 11.2 Å². The fourth-order valence-corrected chi connectivity index (χ4v) is 5.44. The Morgan fingerprint density at radius 3 is 2.74 bits per heavy atom. The quantitative estimate of drug-likeness (QED) is 0.400. The molecule has 0 saturated heterocycles. The second kappa shape index (κ2) is 8.10. The molecule has 0 amide bonds. The summed E-state index contributed by atoms with van der Waals surface area (Å²) in [5.41, 5.74) is 2.43. The lowest BCUT2D eigenvalue weighted by Crippen LogP contribution is -2.38. The average molecular weight is 468 g/mol. The molecule has 5 aromatic rings. The molecule has 0 unspecified atom stereocenters. The zero-order chi connectivity index (χ0) is 24.0. The van der Waals surface area contributed by atoms with Crippen LogP contribution in [0.15, 0.2) is 52.4 Å². The van der Waals surface area contributed by atoms with Gasteiger partial charge in [-0.2, -0.15) is 15.6 Å². The van der Waals surface area contributed by atoms with Crippen molar-refractivity contribution < 1.29 is 0 Å². The first kappa shape index (κ1) is 21.3. The highest BCUT2D eigenvalue weighted by Gasteiger charge is 2.22. The third kappa shape index (κ3) is 3.12. The van der Waals surface area contributed by atoms with Crippen molar-refractivity contribution in [3.63, 3.8) is 0 Å². The Morgan fingerprint density at radius 2 is 1.97 bits per heavy atom. The third-order valence-electron chi connectivity index (χ3n) is 5.77. The summed E-state index contributed by atoms with van der Waals surface area (Å²) >= 11 is 1.23. The van der Waals surface area contributed by atoms with Gasteiger partial charge in [0.2, 0.25) is 0 Å². The molecule has 0 fully saturated rings. The number of nitriles is 2. The first-order valence-corrected chi connectivity index (χ1v) is 11.2. The lowest BCUT2D eigenvalue weighted by atomic mass is 10.0. The van der Waals surface area contributed by atoms with Crippen molar-refractivity contribution in [1.82, 2.24) is 23.9 Å². The van der Waals surface area contributed by atoms with Crippen LogP contribution < -0.4 is 11.2 Å². The Balaban J connectivity index is 1.90. The monoisotopic (exact) mass is 467 g/mol. The molecule has 0 atom stereocenters. The van der Waals surface area contributed by atoms with Gasteiger partial charge in [0, 0.05) is 35.6 Å². The number of benzene rings is 1. The van der Waals surface area contributed by atoms with Crippen LogP contribution in [0.5, 0.6) is 0 Å². The minimum atomic E-state index is -0.558. The van der Waals surface area contributed by atoms with Crippen molar-refractivity contribution in [2.24, 2.45) is 7.05 Å². The smallest absolute Gasteiger partial charge is 0.291 e. The minimum absolute atomic E-state index is 0.0976. The maximum Gasteiger partial charge on any atom is 0.336 e. The van der Waals surface area contributed by atoms with Gasteiger partial charge in [-0.25, -0.2) is 9.36 Å². The summed E-state index contributed by atoms with van der Waals surface area (Å²) in [5.74, 6) is 0. The molecule has 0 N–H and O–H groups in total. The van der Waals surface area contributed by atoms with Crippen LogP contribution in [0.3, 0.4) is 0 Å². The largest absolute Gasteiger partial charge is 0.336 e. The third-order valence-corrected chi connectivity index (χ3v) is 6.90. The lowest BCUT2D eigenvalue weighted by molar-refractivity contribution is 0.662. The number of aryl methyl sites for hydroxylation is 3. The van der Waals surface area contributed by atoms with E-state index in [1.807, 2.05) is 19.1 Å². The van der Waals surface area contributed by atoms with Crippen molar-refractivity contribution in [3.05, 3.63) is 74.8 Å². The normalized spacial score (nSPS) is 11.1. The van der Waals surface area contributed by atoms with Crippen LogP contribution in [-0.4, -0.2) is 23.9 Å². The number of fused-ring (bicyclic) bond motifs is 2. The number of rotatable bonds is 4. The molecule has 1 aromatic carbocycles. The van der Waals surface area contributed by atoms with Crippen molar-refractivity contribution in [2.45, 2.75) is 19.9 Å². The Hall–Kier alpha value is -4.54. The zero-order valence-electron chi connectivity index (χ0n) is 18.3. The van der Waals surface area contributed by atoms with E-state index in [2.05, 4.69) is 22.2 Å². The Morgan fingerprint density at radius 1 is 1.15 bits per heavy atom. The summed E-state index contributed by atoms with van der Waals surface area (Å²) in [6, 6.07) is 11.5. The molecular formula is C24H17N7O2S. The molecule has 0 saturated carbocycles. The highest BCUT2D eigenvalue weighted by molar-refractivity contribution is 7.22. The second-order valence-corrected chi connectivity index (χ2v) is 8.83. The van der Waals surface area contributed by atoms with Crippen LogP contribution in [-0.2, 0) is 13.6 Å². The predicted octanol–water partition coefficient (Wildman–Crippen LogP) is 3.26. The standard InChI is InChI=1S/C24H17N7O2S/c1-14-5-3-6-15(10-26)20(14)19-9-17-22(34-19)23(32)31(24(33)30(17)8-4-7-25)18-13-27-11-16-12-28-29(2)21(16)18/h3,5-6,9,11-13H,4,8H2,1-2H3. The summed E-state index contributed by atoms with van der Waals surface area (Å²) < 4.78 is 4.49. The molecule has 9 nitrogen and oxygen atoms in total. The first-order chi connectivity index (χ1) is 16.5. The summed E-state index contributed by atoms with van der Waals surface area (Å²) in [5, 5.41) is 23.7. The SMILES string of the molecule is Cc1cccc(C#N)c1-c1cc2c(s1)c(=O)n(-c1cncc3cnn(C)c13)c(=O)n2CCC#N. The fourth-order valence-electron chi connectivity index (χ4n) is 4.22. The van der Waals surface area contributed by atoms with Gasteiger partial charge < -0.3 is 0 Å². The predicted molar refractivity (Wildman–Crippen MR) is 129 cm³/mol. The van der Waals surface area contributed by atoms with Gasteiger partial charge in [-0.15, -0.1) is 11.3 Å². The van der Waals surface area contributed by atoms with Gasteiger partial charge in [-0.3, -0.25) is 19.0 Å². The number of nitrogens with zero attached hydrogens (tertiary/aromatic N) is 7. The number of hydrogen-bond acceptors (Lipinski definition) is 7. The maximum atomic E-state index is 13.7. The van der Waals surface area contributed by atoms with Crippen molar-refractivity contribution in [2.75, 3.05) is 0 Å². The fraction of sp³-hybridized carbons (Fsp3) is 0.167. The van der Waals surface area contributed by atoms with Crippen molar-refractivity contribution in [3.8, 4) is 28.3 Å². The van der Waals surface area contributed by atoms with Gasteiger partial charge in [-0.1, -0.05) is 12.1 Å². The maximum absolute atomic E-state index is 13.7. The zero-order valence-corrected chi connectivity index (χ0v) is 19.1. The van der Waals surface area contributed by atoms with E-state index in [1.165, 1.54) is 22.1 Å². The van der Waals surface area contributed by atoms with Crippen molar-refractivity contribution >= 4 is 32.5 Å². The molecule has 0 radical (unpaired) electrons. The number of hydrogen-bond donors (Lipinski definition) is 0. The van der Waals surface area contributed by atoms with Crippen LogP contribution in [0.1, 0.15) is 17.5 Å². The Bertz CT molecular complexity index is 1810. The van der Waals surface area contributed by atoms with E-state index >= 15 is 0 Å².